The van der Waals surface area contributed by atoms with Gasteiger partial charge in [0.1, 0.15) is 16.7 Å². The number of para-hydroxylation sites is 1. The minimum Gasteiger partial charge on any atom is -0.371 e. The smallest absolute Gasteiger partial charge is 0.164 e. The van der Waals surface area contributed by atoms with E-state index in [1.807, 2.05) is 7.05 Å². The molecule has 2 aromatic heterocycles. The van der Waals surface area contributed by atoms with Gasteiger partial charge in [-0.15, -0.1) is 0 Å². The predicted molar refractivity (Wildman–Crippen MR) is 99.5 cm³/mol. The van der Waals surface area contributed by atoms with E-state index < -0.39 is 0 Å². The topological polar surface area (TPSA) is 58.9 Å². The Balaban J connectivity index is 1.39. The highest BCUT2D eigenvalue weighted by Crippen LogP contribution is 2.28. The summed E-state index contributed by atoms with van der Waals surface area (Å²) in [6.07, 6.45) is 3.78. The largest absolute Gasteiger partial charge is 0.371 e. The summed E-state index contributed by atoms with van der Waals surface area (Å²) in [5, 5.41) is 8.71. The van der Waals surface area contributed by atoms with Crippen LogP contribution in [-0.4, -0.2) is 39.4 Å². The second kappa shape index (κ2) is 6.39. The van der Waals surface area contributed by atoms with Gasteiger partial charge in [-0.05, 0) is 40.4 Å². The maximum absolute atomic E-state index is 4.37. The minimum absolute atomic E-state index is 0.775. The van der Waals surface area contributed by atoms with Crippen molar-refractivity contribution in [1.29, 1.82) is 0 Å². The quantitative estimate of drug-likeness (QED) is 0.683. The van der Waals surface area contributed by atoms with Crippen molar-refractivity contribution in [2.45, 2.75) is 12.8 Å². The van der Waals surface area contributed by atoms with Crippen molar-refractivity contribution >= 4 is 38.5 Å². The molecule has 24 heavy (non-hydrogen) atoms. The molecule has 124 valence electrons. The molecule has 0 atom stereocenters. The summed E-state index contributed by atoms with van der Waals surface area (Å²) in [5.41, 5.74) is 3.67. The average Bonchev–Trinajstić information content (AvgIpc) is 3.14. The number of rotatable bonds is 5. The van der Waals surface area contributed by atoms with Gasteiger partial charge in [0.05, 0.1) is 5.39 Å². The first kappa shape index (κ1) is 15.4. The first-order chi connectivity index (χ1) is 11.7. The molecule has 1 aliphatic rings. The van der Waals surface area contributed by atoms with Crippen molar-refractivity contribution in [1.82, 2.24) is 19.7 Å². The van der Waals surface area contributed by atoms with E-state index in [0.29, 0.717) is 0 Å². The SMILES string of the molecule is Cn1nc(Br)c2c(NCCCN3CCc4ccccc43)ncnc21. The first-order valence-corrected chi connectivity index (χ1v) is 8.93. The Morgan fingerprint density at radius 1 is 1.25 bits per heavy atom. The molecule has 0 saturated carbocycles. The van der Waals surface area contributed by atoms with Crippen LogP contribution in [0.3, 0.4) is 0 Å². The molecule has 3 heterocycles. The van der Waals surface area contributed by atoms with Crippen LogP contribution in [-0.2, 0) is 13.5 Å². The number of nitrogens with zero attached hydrogens (tertiary/aromatic N) is 5. The molecule has 1 aliphatic heterocycles. The molecule has 6 nitrogen and oxygen atoms in total. The van der Waals surface area contributed by atoms with Crippen LogP contribution >= 0.6 is 15.9 Å². The van der Waals surface area contributed by atoms with Gasteiger partial charge in [-0.3, -0.25) is 0 Å². The summed E-state index contributed by atoms with van der Waals surface area (Å²) in [7, 11) is 1.88. The number of hydrogen-bond acceptors (Lipinski definition) is 5. The molecule has 1 N–H and O–H groups in total. The summed E-state index contributed by atoms with van der Waals surface area (Å²) in [6.45, 7) is 3.03. The fourth-order valence-electron chi connectivity index (χ4n) is 3.29. The van der Waals surface area contributed by atoms with Gasteiger partial charge in [-0.25, -0.2) is 14.6 Å². The number of nitrogens with one attached hydrogen (secondary N) is 1. The molecule has 3 aromatic rings. The molecule has 4 rings (SSSR count). The van der Waals surface area contributed by atoms with Crippen LogP contribution in [0.4, 0.5) is 11.5 Å². The fourth-order valence-corrected chi connectivity index (χ4v) is 3.89. The van der Waals surface area contributed by atoms with Crippen LogP contribution in [0.15, 0.2) is 35.2 Å². The Kier molecular flexibility index (Phi) is 4.10. The molecule has 0 fully saturated rings. The lowest BCUT2D eigenvalue weighted by Crippen LogP contribution is -2.23. The van der Waals surface area contributed by atoms with E-state index in [0.717, 1.165) is 53.9 Å². The monoisotopic (exact) mass is 386 g/mol. The molecule has 0 aliphatic carbocycles. The number of aromatic nitrogens is 4. The molecule has 1 aromatic carbocycles. The van der Waals surface area contributed by atoms with E-state index >= 15 is 0 Å². The standard InChI is InChI=1S/C17H19BrN6/c1-23-17-14(15(18)22-23)16(20-11-21-17)19-8-4-9-24-10-7-12-5-2-3-6-13(12)24/h2-3,5-6,11H,4,7-10H2,1H3,(H,19,20,21). The Bertz CT molecular complexity index is 875. The van der Waals surface area contributed by atoms with Gasteiger partial charge in [0.2, 0.25) is 0 Å². The Morgan fingerprint density at radius 2 is 2.12 bits per heavy atom. The normalized spacial score (nSPS) is 13.5. The van der Waals surface area contributed by atoms with Crippen molar-refractivity contribution in [3.05, 3.63) is 40.8 Å². The fraction of sp³-hybridized carbons (Fsp3) is 0.353. The van der Waals surface area contributed by atoms with Crippen LogP contribution in [0, 0.1) is 0 Å². The molecule has 0 amide bonds. The van der Waals surface area contributed by atoms with Gasteiger partial charge in [0.25, 0.3) is 0 Å². The van der Waals surface area contributed by atoms with Crippen LogP contribution in [0.1, 0.15) is 12.0 Å². The van der Waals surface area contributed by atoms with Crippen molar-refractivity contribution in [3.63, 3.8) is 0 Å². The zero-order chi connectivity index (χ0) is 16.5. The second-order valence-electron chi connectivity index (χ2n) is 5.98. The highest BCUT2D eigenvalue weighted by atomic mass is 79.9. The van der Waals surface area contributed by atoms with Crippen LogP contribution in [0.5, 0.6) is 0 Å². The van der Waals surface area contributed by atoms with E-state index in [1.165, 1.54) is 11.3 Å². The molecule has 0 spiro atoms. The number of hydrogen-bond donors (Lipinski definition) is 1. The highest BCUT2D eigenvalue weighted by molar-refractivity contribution is 9.10. The minimum atomic E-state index is 0.775. The number of aryl methyl sites for hydroxylation is 1. The van der Waals surface area contributed by atoms with Crippen LogP contribution < -0.4 is 10.2 Å². The van der Waals surface area contributed by atoms with Crippen molar-refractivity contribution in [2.75, 3.05) is 29.9 Å². The highest BCUT2D eigenvalue weighted by Gasteiger charge is 2.17. The van der Waals surface area contributed by atoms with E-state index in [1.54, 1.807) is 11.0 Å². The molecule has 0 saturated heterocycles. The van der Waals surface area contributed by atoms with Crippen LogP contribution in [0.25, 0.3) is 11.0 Å². The average molecular weight is 387 g/mol. The summed E-state index contributed by atoms with van der Waals surface area (Å²) >= 11 is 3.49. The maximum atomic E-state index is 4.37. The third-order valence-electron chi connectivity index (χ3n) is 4.46. The zero-order valence-corrected chi connectivity index (χ0v) is 15.1. The second-order valence-corrected chi connectivity index (χ2v) is 6.73. The number of fused-ring (bicyclic) bond motifs is 2. The van der Waals surface area contributed by atoms with Crippen molar-refractivity contribution in [2.24, 2.45) is 7.05 Å². The summed E-state index contributed by atoms with van der Waals surface area (Å²) in [4.78, 5) is 11.1. The Labute approximate surface area is 149 Å². The molecule has 0 bridgehead atoms. The lowest BCUT2D eigenvalue weighted by Gasteiger charge is -2.19. The van der Waals surface area contributed by atoms with E-state index in [9.17, 15) is 0 Å². The first-order valence-electron chi connectivity index (χ1n) is 8.14. The molecular weight excluding hydrogens is 368 g/mol. The number of anilines is 2. The Morgan fingerprint density at radius 3 is 3.04 bits per heavy atom. The Hall–Kier alpha value is -2.15. The molecule has 0 unspecified atom stereocenters. The number of halogens is 1. The van der Waals surface area contributed by atoms with E-state index in [-0.39, 0.29) is 0 Å². The van der Waals surface area contributed by atoms with Gasteiger partial charge >= 0.3 is 0 Å². The molecule has 7 heteroatoms. The van der Waals surface area contributed by atoms with Crippen molar-refractivity contribution in [3.8, 4) is 0 Å². The number of benzene rings is 1. The molecule has 0 radical (unpaired) electrons. The summed E-state index contributed by atoms with van der Waals surface area (Å²) in [5.74, 6) is 0.835. The van der Waals surface area contributed by atoms with Gasteiger partial charge in [0, 0.05) is 32.4 Å². The van der Waals surface area contributed by atoms with Crippen molar-refractivity contribution < 1.29 is 0 Å². The van der Waals surface area contributed by atoms with Gasteiger partial charge in [-0.1, -0.05) is 18.2 Å². The third kappa shape index (κ3) is 2.73. The summed E-state index contributed by atoms with van der Waals surface area (Å²) in [6, 6.07) is 8.69. The van der Waals surface area contributed by atoms with Gasteiger partial charge < -0.3 is 10.2 Å². The zero-order valence-electron chi connectivity index (χ0n) is 13.5. The predicted octanol–water partition coefficient (Wildman–Crippen LogP) is 2.99. The third-order valence-corrected chi connectivity index (χ3v) is 5.01. The maximum Gasteiger partial charge on any atom is 0.164 e. The lowest BCUT2D eigenvalue weighted by molar-refractivity contribution is 0.772. The van der Waals surface area contributed by atoms with E-state index in [2.05, 4.69) is 65.5 Å². The lowest BCUT2D eigenvalue weighted by atomic mass is 10.2. The summed E-state index contributed by atoms with van der Waals surface area (Å²) < 4.78 is 2.53. The van der Waals surface area contributed by atoms with E-state index in [4.69, 9.17) is 0 Å². The van der Waals surface area contributed by atoms with Gasteiger partial charge in [-0.2, -0.15) is 5.10 Å². The van der Waals surface area contributed by atoms with Crippen LogP contribution in [0.2, 0.25) is 0 Å². The van der Waals surface area contributed by atoms with Gasteiger partial charge in [0.15, 0.2) is 5.65 Å². The molecular formula is C17H19BrN6.